The van der Waals surface area contributed by atoms with Gasteiger partial charge in [0.15, 0.2) is 12.7 Å². The van der Waals surface area contributed by atoms with Crippen LogP contribution in [0.3, 0.4) is 0 Å². The van der Waals surface area contributed by atoms with Gasteiger partial charge in [0.05, 0.1) is 0 Å². The second-order valence-electron chi connectivity index (χ2n) is 4.02. The number of alkyl halides is 4. The van der Waals surface area contributed by atoms with Crippen LogP contribution >= 0.6 is 0 Å². The number of carbonyl (C=O) groups excluding carboxylic acids is 2. The van der Waals surface area contributed by atoms with E-state index in [1.807, 2.05) is 0 Å². The first-order chi connectivity index (χ1) is 10.2. The maximum Gasteiger partial charge on any atom is 0.402 e. The highest BCUT2D eigenvalue weighted by atomic mass is 32.2. The van der Waals surface area contributed by atoms with Crippen molar-refractivity contribution in [1.82, 2.24) is 0 Å². The first-order valence-electron chi connectivity index (χ1n) is 5.62. The summed E-state index contributed by atoms with van der Waals surface area (Å²) >= 11 is 0. The minimum atomic E-state index is -6.00. The van der Waals surface area contributed by atoms with Crippen LogP contribution in [0, 0.1) is 0 Å². The minimum Gasteiger partial charge on any atom is -0.453 e. The molecule has 134 valence electrons. The lowest BCUT2D eigenvalue weighted by Gasteiger charge is -2.24. The number of hydrogen-bond donors (Lipinski definition) is 1. The van der Waals surface area contributed by atoms with Gasteiger partial charge in [0.1, 0.15) is 0 Å². The molecule has 23 heavy (non-hydrogen) atoms. The van der Waals surface area contributed by atoms with Gasteiger partial charge < -0.3 is 9.47 Å². The summed E-state index contributed by atoms with van der Waals surface area (Å²) in [6.45, 7) is 1.06. The molecule has 0 saturated heterocycles. The zero-order valence-electron chi connectivity index (χ0n) is 11.4. The molecule has 0 saturated carbocycles. The maximum atomic E-state index is 13.6. The molecular formula is C10H11F5O7S. The van der Waals surface area contributed by atoms with Crippen LogP contribution in [0.2, 0.25) is 0 Å². The summed E-state index contributed by atoms with van der Waals surface area (Å²) in [4.78, 5) is 21.9. The number of hydrogen-bond acceptors (Lipinski definition) is 6. The molecule has 0 aromatic heterocycles. The monoisotopic (exact) mass is 370 g/mol. The zero-order chi connectivity index (χ0) is 18.6. The summed E-state index contributed by atoms with van der Waals surface area (Å²) < 4.78 is 101. The first-order valence-corrected chi connectivity index (χ1v) is 7.06. The molecule has 1 unspecified atom stereocenters. The summed E-state index contributed by atoms with van der Waals surface area (Å²) in [6.07, 6.45) is -3.31. The normalized spacial score (nSPS) is 14.0. The van der Waals surface area contributed by atoms with Crippen LogP contribution in [0.5, 0.6) is 0 Å². The van der Waals surface area contributed by atoms with E-state index in [9.17, 15) is 40.0 Å². The van der Waals surface area contributed by atoms with Gasteiger partial charge in [-0.25, -0.2) is 9.59 Å². The minimum absolute atomic E-state index is 0.740. The molecule has 0 amide bonds. The Balaban J connectivity index is 5.08. The topological polar surface area (TPSA) is 107 Å². The van der Waals surface area contributed by atoms with E-state index in [0.717, 1.165) is 6.92 Å². The van der Waals surface area contributed by atoms with Crippen molar-refractivity contribution < 1.29 is 54.0 Å². The van der Waals surface area contributed by atoms with E-state index in [2.05, 4.69) is 16.1 Å². The van der Waals surface area contributed by atoms with E-state index >= 15 is 0 Å². The van der Waals surface area contributed by atoms with E-state index in [4.69, 9.17) is 4.55 Å². The maximum absolute atomic E-state index is 13.6. The van der Waals surface area contributed by atoms with Crippen molar-refractivity contribution in [1.29, 1.82) is 0 Å². The average Bonchev–Trinajstić information content (AvgIpc) is 2.39. The number of halogens is 5. The lowest BCUT2D eigenvalue weighted by molar-refractivity contribution is -0.201. The summed E-state index contributed by atoms with van der Waals surface area (Å²) in [5.74, 6) is -11.0. The van der Waals surface area contributed by atoms with Crippen molar-refractivity contribution >= 4 is 22.1 Å². The highest BCUT2D eigenvalue weighted by Crippen LogP contribution is 2.28. The standard InChI is InChI=1S/C10H11F5O7S/c1-3-6(22-7(16)5(2)11)10(14,15)8(17)21-4-9(12,13)23(18,19)20/h6H,2-4H2,1H3,(H,18,19,20). The molecule has 1 N–H and O–H groups in total. The van der Waals surface area contributed by atoms with Gasteiger partial charge in [0, 0.05) is 0 Å². The van der Waals surface area contributed by atoms with Crippen molar-refractivity contribution in [3.05, 3.63) is 12.4 Å². The smallest absolute Gasteiger partial charge is 0.402 e. The Morgan fingerprint density at radius 3 is 2.09 bits per heavy atom. The number of ether oxygens (including phenoxy) is 2. The van der Waals surface area contributed by atoms with Gasteiger partial charge in [0.25, 0.3) is 0 Å². The van der Waals surface area contributed by atoms with Crippen LogP contribution in [0.15, 0.2) is 12.4 Å². The van der Waals surface area contributed by atoms with Gasteiger partial charge in [-0.2, -0.15) is 30.4 Å². The molecular weight excluding hydrogens is 359 g/mol. The molecule has 0 aromatic carbocycles. The Morgan fingerprint density at radius 1 is 1.26 bits per heavy atom. The molecule has 13 heteroatoms. The fraction of sp³-hybridized carbons (Fsp3) is 0.600. The van der Waals surface area contributed by atoms with E-state index in [1.54, 1.807) is 0 Å². The average molecular weight is 370 g/mol. The SMILES string of the molecule is C=C(F)C(=O)OC(CC)C(F)(F)C(=O)OCC(F)(F)S(=O)(=O)O. The molecule has 0 aromatic rings. The second kappa shape index (κ2) is 7.21. The van der Waals surface area contributed by atoms with Crippen LogP contribution in [-0.2, 0) is 29.2 Å². The lowest BCUT2D eigenvalue weighted by Crippen LogP contribution is -2.46. The van der Waals surface area contributed by atoms with Crippen molar-refractivity contribution in [2.45, 2.75) is 30.6 Å². The number of esters is 2. The largest absolute Gasteiger partial charge is 0.453 e. The predicted octanol–water partition coefficient (Wildman–Crippen LogP) is 1.45. The van der Waals surface area contributed by atoms with E-state index in [1.165, 1.54) is 0 Å². The molecule has 0 aliphatic carbocycles. The lowest BCUT2D eigenvalue weighted by atomic mass is 10.1. The quantitative estimate of drug-likeness (QED) is 0.298. The van der Waals surface area contributed by atoms with E-state index in [0.29, 0.717) is 0 Å². The third-order valence-electron chi connectivity index (χ3n) is 2.27. The summed E-state index contributed by atoms with van der Waals surface area (Å²) in [5.41, 5.74) is 0. The number of rotatable bonds is 8. The van der Waals surface area contributed by atoms with Crippen LogP contribution in [-0.4, -0.2) is 48.8 Å². The molecule has 0 radical (unpaired) electrons. The fourth-order valence-electron chi connectivity index (χ4n) is 1.06. The van der Waals surface area contributed by atoms with Crippen LogP contribution in [0.1, 0.15) is 13.3 Å². The molecule has 0 rings (SSSR count). The fourth-order valence-corrected chi connectivity index (χ4v) is 1.27. The highest BCUT2D eigenvalue weighted by molar-refractivity contribution is 7.86. The molecule has 1 atom stereocenters. The Labute approximate surface area is 126 Å². The first kappa shape index (κ1) is 21.2. The Hall–Kier alpha value is -1.76. The van der Waals surface area contributed by atoms with Crippen molar-refractivity contribution in [2.24, 2.45) is 0 Å². The highest BCUT2D eigenvalue weighted by Gasteiger charge is 2.53. The van der Waals surface area contributed by atoms with Crippen LogP contribution in [0.25, 0.3) is 0 Å². The van der Waals surface area contributed by atoms with E-state index < -0.39 is 58.2 Å². The zero-order valence-corrected chi connectivity index (χ0v) is 12.2. The summed E-state index contributed by atoms with van der Waals surface area (Å²) in [5, 5.41) is -5.02. The van der Waals surface area contributed by atoms with Crippen molar-refractivity contribution in [2.75, 3.05) is 6.61 Å². The molecule has 0 heterocycles. The molecule has 0 aliphatic rings. The molecule has 0 bridgehead atoms. The number of carbonyl (C=O) groups is 2. The Kier molecular flexibility index (Phi) is 6.66. The molecule has 7 nitrogen and oxygen atoms in total. The summed E-state index contributed by atoms with van der Waals surface area (Å²) in [7, 11) is -6.00. The third kappa shape index (κ3) is 5.42. The van der Waals surface area contributed by atoms with Crippen molar-refractivity contribution in [3.63, 3.8) is 0 Å². The molecule has 0 spiro atoms. The second-order valence-corrected chi connectivity index (χ2v) is 5.57. The van der Waals surface area contributed by atoms with Gasteiger partial charge in [-0.05, 0) is 6.42 Å². The van der Waals surface area contributed by atoms with Crippen LogP contribution in [0.4, 0.5) is 22.0 Å². The Morgan fingerprint density at radius 2 is 1.74 bits per heavy atom. The predicted molar refractivity (Wildman–Crippen MR) is 62.8 cm³/mol. The van der Waals surface area contributed by atoms with E-state index in [-0.39, 0.29) is 0 Å². The van der Waals surface area contributed by atoms with Gasteiger partial charge in [-0.15, -0.1) is 0 Å². The van der Waals surface area contributed by atoms with Gasteiger partial charge in [-0.3, -0.25) is 4.55 Å². The molecule has 0 fully saturated rings. The third-order valence-corrected chi connectivity index (χ3v) is 3.14. The van der Waals surface area contributed by atoms with Gasteiger partial charge >= 0.3 is 33.2 Å². The summed E-state index contributed by atoms with van der Waals surface area (Å²) in [6, 6.07) is 0. The van der Waals surface area contributed by atoms with Gasteiger partial charge in [0.2, 0.25) is 5.83 Å². The van der Waals surface area contributed by atoms with Gasteiger partial charge in [-0.1, -0.05) is 13.5 Å². The van der Waals surface area contributed by atoms with Crippen LogP contribution < -0.4 is 0 Å². The van der Waals surface area contributed by atoms with Crippen molar-refractivity contribution in [3.8, 4) is 0 Å². The Bertz CT molecular complexity index is 586. The molecule has 0 aliphatic heterocycles.